The first-order valence-electron chi connectivity index (χ1n) is 10.4. The molecule has 2 amide bonds. The minimum absolute atomic E-state index is 0.000787. The number of nitrogens with zero attached hydrogens (tertiary/aromatic N) is 1. The van der Waals surface area contributed by atoms with Crippen molar-refractivity contribution in [1.29, 1.82) is 0 Å². The zero-order chi connectivity index (χ0) is 26.1. The zero-order valence-corrected chi connectivity index (χ0v) is 20.7. The van der Waals surface area contributed by atoms with Gasteiger partial charge in [0.1, 0.15) is 22.9 Å². The third-order valence-corrected chi connectivity index (χ3v) is 8.47. The monoisotopic (exact) mass is 531 g/mol. The van der Waals surface area contributed by atoms with Crippen LogP contribution in [0, 0.1) is 0 Å². The van der Waals surface area contributed by atoms with E-state index in [-0.39, 0.29) is 32.5 Å². The third-order valence-electron chi connectivity index (χ3n) is 5.30. The van der Waals surface area contributed by atoms with E-state index in [0.29, 0.717) is 10.1 Å². The lowest BCUT2D eigenvalue weighted by Gasteiger charge is -2.15. The van der Waals surface area contributed by atoms with Gasteiger partial charge in [0, 0.05) is 11.8 Å². The number of benzene rings is 3. The Labute approximate surface area is 207 Å². The van der Waals surface area contributed by atoms with E-state index in [4.69, 9.17) is 9.47 Å². The van der Waals surface area contributed by atoms with Gasteiger partial charge in [0.05, 0.1) is 30.4 Å². The van der Waals surface area contributed by atoms with Gasteiger partial charge in [-0.05, 0) is 48.5 Å². The summed E-state index contributed by atoms with van der Waals surface area (Å²) in [4.78, 5) is 24.7. The molecule has 0 bridgehead atoms. The van der Waals surface area contributed by atoms with E-state index in [1.165, 1.54) is 74.9 Å². The largest absolute Gasteiger partial charge is 0.497 e. The van der Waals surface area contributed by atoms with Gasteiger partial charge in [-0.3, -0.25) is 14.3 Å². The lowest BCUT2D eigenvalue weighted by Crippen LogP contribution is -2.37. The number of anilines is 2. The van der Waals surface area contributed by atoms with Crippen molar-refractivity contribution in [3.63, 3.8) is 0 Å². The van der Waals surface area contributed by atoms with Gasteiger partial charge in [0.2, 0.25) is 5.91 Å². The highest BCUT2D eigenvalue weighted by Crippen LogP contribution is 2.31. The van der Waals surface area contributed by atoms with E-state index in [1.807, 2.05) is 0 Å². The molecular weight excluding hydrogens is 510 g/mol. The van der Waals surface area contributed by atoms with Crippen LogP contribution in [-0.2, 0) is 24.8 Å². The van der Waals surface area contributed by atoms with Crippen LogP contribution in [0.3, 0.4) is 0 Å². The summed E-state index contributed by atoms with van der Waals surface area (Å²) in [6.07, 6.45) is 0. The highest BCUT2D eigenvalue weighted by molar-refractivity contribution is 7.92. The first kappa shape index (κ1) is 25.0. The average Bonchev–Trinajstić information content (AvgIpc) is 3.05. The maximum absolute atomic E-state index is 12.8. The Morgan fingerprint density at radius 2 is 1.67 bits per heavy atom. The van der Waals surface area contributed by atoms with Crippen molar-refractivity contribution in [2.45, 2.75) is 9.79 Å². The van der Waals surface area contributed by atoms with Crippen molar-refractivity contribution in [2.75, 3.05) is 30.8 Å². The van der Waals surface area contributed by atoms with Crippen LogP contribution in [-0.4, -0.2) is 53.7 Å². The fraction of sp³-hybridized carbons (Fsp3) is 0.130. The maximum atomic E-state index is 12.8. The number of sulfonamides is 2. The smallest absolute Gasteiger partial charge is 0.269 e. The molecule has 1 aliphatic rings. The predicted molar refractivity (Wildman–Crippen MR) is 130 cm³/mol. The fourth-order valence-electron chi connectivity index (χ4n) is 3.52. The molecule has 0 atom stereocenters. The zero-order valence-electron chi connectivity index (χ0n) is 19.1. The van der Waals surface area contributed by atoms with Gasteiger partial charge in [-0.1, -0.05) is 12.1 Å². The fourth-order valence-corrected chi connectivity index (χ4v) is 6.12. The van der Waals surface area contributed by atoms with Crippen LogP contribution in [0.15, 0.2) is 76.5 Å². The van der Waals surface area contributed by atoms with Crippen LogP contribution >= 0.6 is 0 Å². The summed E-state index contributed by atoms with van der Waals surface area (Å²) in [5, 5.41) is 2.47. The lowest BCUT2D eigenvalue weighted by molar-refractivity contribution is -0.116. The molecule has 3 aromatic carbocycles. The van der Waals surface area contributed by atoms with Crippen LogP contribution < -0.4 is 19.5 Å². The second kappa shape index (κ2) is 9.51. The van der Waals surface area contributed by atoms with Gasteiger partial charge < -0.3 is 14.8 Å². The third kappa shape index (κ3) is 4.70. The minimum Gasteiger partial charge on any atom is -0.497 e. The molecule has 2 N–H and O–H groups in total. The number of carbonyl (C=O) groups is 2. The molecule has 3 aromatic rings. The Bertz CT molecular complexity index is 1550. The molecule has 0 saturated heterocycles. The molecule has 188 valence electrons. The van der Waals surface area contributed by atoms with Crippen molar-refractivity contribution in [1.82, 2.24) is 4.31 Å². The van der Waals surface area contributed by atoms with Crippen LogP contribution in [0.5, 0.6) is 11.5 Å². The van der Waals surface area contributed by atoms with Crippen LogP contribution in [0.1, 0.15) is 10.4 Å². The number of carbonyl (C=O) groups excluding carboxylic acids is 2. The molecule has 1 heterocycles. The molecule has 11 nitrogen and oxygen atoms in total. The standard InChI is InChI=1S/C23H21N3O8S2/c1-33-16-9-12-19(20(13-16)34-2)25-35(29,30)17-10-7-15(8-11-17)24-22(27)14-26-23(28)18-5-3-4-6-21(18)36(26,31)32/h3-13,25H,14H2,1-2H3,(H,24,27). The average molecular weight is 532 g/mol. The van der Waals surface area contributed by atoms with Gasteiger partial charge in [0.15, 0.2) is 0 Å². The highest BCUT2D eigenvalue weighted by atomic mass is 32.2. The molecule has 13 heteroatoms. The number of rotatable bonds is 8. The summed E-state index contributed by atoms with van der Waals surface area (Å²) in [6.45, 7) is -0.727. The van der Waals surface area contributed by atoms with E-state index in [0.717, 1.165) is 0 Å². The summed E-state index contributed by atoms with van der Waals surface area (Å²) >= 11 is 0. The maximum Gasteiger partial charge on any atom is 0.269 e. The van der Waals surface area contributed by atoms with E-state index in [9.17, 15) is 26.4 Å². The Hall–Kier alpha value is -4.10. The first-order chi connectivity index (χ1) is 17.1. The summed E-state index contributed by atoms with van der Waals surface area (Å²) in [5.41, 5.74) is 0.413. The van der Waals surface area contributed by atoms with Crippen molar-refractivity contribution in [3.8, 4) is 11.5 Å². The number of methoxy groups -OCH3 is 2. The van der Waals surface area contributed by atoms with Gasteiger partial charge in [-0.2, -0.15) is 0 Å². The van der Waals surface area contributed by atoms with E-state index < -0.39 is 38.4 Å². The highest BCUT2D eigenvalue weighted by Gasteiger charge is 2.41. The topological polar surface area (TPSA) is 148 Å². The number of nitrogens with one attached hydrogen (secondary N) is 2. The summed E-state index contributed by atoms with van der Waals surface area (Å²) in [6, 6.07) is 15.5. The number of hydrogen-bond donors (Lipinski definition) is 2. The van der Waals surface area contributed by atoms with Crippen LogP contribution in [0.2, 0.25) is 0 Å². The van der Waals surface area contributed by atoms with E-state index in [2.05, 4.69) is 10.0 Å². The Morgan fingerprint density at radius 3 is 2.31 bits per heavy atom. The molecule has 1 aliphatic heterocycles. The number of ether oxygens (including phenoxy) is 2. The molecular formula is C23H21N3O8S2. The summed E-state index contributed by atoms with van der Waals surface area (Å²) < 4.78 is 64.1. The molecule has 4 rings (SSSR count). The number of amides is 2. The van der Waals surface area contributed by atoms with E-state index in [1.54, 1.807) is 6.07 Å². The van der Waals surface area contributed by atoms with Crippen molar-refractivity contribution >= 4 is 43.2 Å². The predicted octanol–water partition coefficient (Wildman–Crippen LogP) is 2.29. The number of fused-ring (bicyclic) bond motifs is 1. The molecule has 0 saturated carbocycles. The molecule has 0 aliphatic carbocycles. The molecule has 0 spiro atoms. The van der Waals surface area contributed by atoms with Crippen molar-refractivity contribution in [2.24, 2.45) is 0 Å². The molecule has 0 unspecified atom stereocenters. The van der Waals surface area contributed by atoms with Gasteiger partial charge in [0.25, 0.3) is 26.0 Å². The lowest BCUT2D eigenvalue weighted by atomic mass is 10.2. The van der Waals surface area contributed by atoms with E-state index >= 15 is 0 Å². The number of hydrogen-bond acceptors (Lipinski definition) is 8. The Balaban J connectivity index is 1.45. The van der Waals surface area contributed by atoms with Crippen LogP contribution in [0.25, 0.3) is 0 Å². The molecule has 0 aromatic heterocycles. The second-order valence-corrected chi connectivity index (χ2v) is 11.1. The summed E-state index contributed by atoms with van der Waals surface area (Å²) in [7, 11) is -5.27. The van der Waals surface area contributed by atoms with Gasteiger partial charge in [-0.15, -0.1) is 0 Å². The minimum atomic E-state index is -4.13. The molecule has 0 radical (unpaired) electrons. The SMILES string of the molecule is COc1ccc(NS(=O)(=O)c2ccc(NC(=O)CN3C(=O)c4ccccc4S3(=O)=O)cc2)c(OC)c1. The second-order valence-electron chi connectivity index (χ2n) is 7.56. The van der Waals surface area contributed by atoms with Crippen molar-refractivity contribution < 1.29 is 35.9 Å². The van der Waals surface area contributed by atoms with Crippen molar-refractivity contribution in [3.05, 3.63) is 72.3 Å². The quantitative estimate of drug-likeness (QED) is 0.450. The first-order valence-corrected chi connectivity index (χ1v) is 13.3. The van der Waals surface area contributed by atoms with Gasteiger partial charge >= 0.3 is 0 Å². The Kier molecular flexibility index (Phi) is 6.61. The van der Waals surface area contributed by atoms with Gasteiger partial charge in [-0.25, -0.2) is 21.1 Å². The molecule has 36 heavy (non-hydrogen) atoms. The summed E-state index contributed by atoms with van der Waals surface area (Å²) in [5.74, 6) is -0.809. The Morgan fingerprint density at radius 1 is 0.972 bits per heavy atom. The molecule has 0 fully saturated rings. The normalized spacial score (nSPS) is 14.2. The van der Waals surface area contributed by atoms with Crippen LogP contribution in [0.4, 0.5) is 11.4 Å².